The zero-order valence-electron chi connectivity index (χ0n) is 13.4. The van der Waals surface area contributed by atoms with Crippen molar-refractivity contribution in [1.82, 2.24) is 9.88 Å². The van der Waals surface area contributed by atoms with Crippen molar-refractivity contribution in [3.8, 4) is 0 Å². The lowest BCUT2D eigenvalue weighted by atomic mass is 10.0. The Morgan fingerprint density at radius 3 is 2.80 bits per heavy atom. The monoisotopic (exact) mass is 360 g/mol. The average Bonchev–Trinajstić information content (AvgIpc) is 3.45. The molecule has 2 heterocycles. The molecule has 0 spiro atoms. The van der Waals surface area contributed by atoms with Gasteiger partial charge in [-0.05, 0) is 37.1 Å². The van der Waals surface area contributed by atoms with E-state index in [2.05, 4.69) is 4.98 Å². The van der Waals surface area contributed by atoms with Crippen LogP contribution in [0.25, 0.3) is 10.9 Å². The van der Waals surface area contributed by atoms with E-state index in [4.69, 9.17) is 21.4 Å². The van der Waals surface area contributed by atoms with E-state index in [1.165, 1.54) is 4.90 Å². The Balaban J connectivity index is 1.75. The lowest BCUT2D eigenvalue weighted by Gasteiger charge is -2.31. The fourth-order valence-electron chi connectivity index (χ4n) is 3.14. The number of rotatable bonds is 3. The molecule has 0 bridgehead atoms. The molecule has 6 nitrogen and oxygen atoms in total. The number of hydrogen-bond donors (Lipinski definition) is 1. The summed E-state index contributed by atoms with van der Waals surface area (Å²) in [6, 6.07) is 7.16. The van der Waals surface area contributed by atoms with Gasteiger partial charge in [0.25, 0.3) is 5.91 Å². The van der Waals surface area contributed by atoms with Gasteiger partial charge in [-0.15, -0.1) is 0 Å². The second-order valence-electron chi connectivity index (χ2n) is 6.48. The van der Waals surface area contributed by atoms with Gasteiger partial charge in [0, 0.05) is 28.6 Å². The number of hydrogen-bond acceptors (Lipinski definition) is 4. The van der Waals surface area contributed by atoms with Gasteiger partial charge in [-0.1, -0.05) is 11.6 Å². The van der Waals surface area contributed by atoms with Crippen LogP contribution in [0.1, 0.15) is 34.8 Å². The van der Waals surface area contributed by atoms with Gasteiger partial charge in [0.2, 0.25) is 0 Å². The number of carbonyl (C=O) groups excluding carboxylic acids is 1. The zero-order valence-corrected chi connectivity index (χ0v) is 14.2. The molecule has 1 aromatic carbocycles. The maximum absolute atomic E-state index is 13.1. The second-order valence-corrected chi connectivity index (χ2v) is 6.92. The van der Waals surface area contributed by atoms with Crippen LogP contribution < -0.4 is 0 Å². The molecule has 1 N–H and O–H groups in total. The van der Waals surface area contributed by atoms with Gasteiger partial charge in [-0.3, -0.25) is 9.78 Å². The van der Waals surface area contributed by atoms with E-state index in [1.54, 1.807) is 12.1 Å². The van der Waals surface area contributed by atoms with Crippen LogP contribution in [0.3, 0.4) is 0 Å². The third-order valence-electron chi connectivity index (χ3n) is 4.65. The highest BCUT2D eigenvalue weighted by Gasteiger charge is 2.32. The topological polar surface area (TPSA) is 79.7 Å². The minimum atomic E-state index is -1.06. The fourth-order valence-corrected chi connectivity index (χ4v) is 3.31. The number of carboxylic acid groups (broad SMARTS) is 1. The van der Waals surface area contributed by atoms with Gasteiger partial charge >= 0.3 is 5.97 Å². The van der Waals surface area contributed by atoms with Gasteiger partial charge < -0.3 is 14.7 Å². The summed E-state index contributed by atoms with van der Waals surface area (Å²) in [7, 11) is 0. The Morgan fingerprint density at radius 1 is 1.28 bits per heavy atom. The van der Waals surface area contributed by atoms with Gasteiger partial charge in [-0.25, -0.2) is 4.79 Å². The van der Waals surface area contributed by atoms with E-state index in [9.17, 15) is 9.59 Å². The molecule has 25 heavy (non-hydrogen) atoms. The number of aromatic nitrogens is 1. The minimum absolute atomic E-state index is 0.0390. The summed E-state index contributed by atoms with van der Waals surface area (Å²) >= 11 is 6.11. The summed E-state index contributed by atoms with van der Waals surface area (Å²) in [5, 5.41) is 10.4. The summed E-state index contributed by atoms with van der Waals surface area (Å²) in [5.41, 5.74) is 2.18. The smallest absolute Gasteiger partial charge is 0.334 e. The van der Waals surface area contributed by atoms with Crippen LogP contribution in [0.4, 0.5) is 0 Å². The Morgan fingerprint density at radius 2 is 2.08 bits per heavy atom. The first kappa shape index (κ1) is 16.3. The largest absolute Gasteiger partial charge is 0.479 e. The molecule has 0 unspecified atom stereocenters. The van der Waals surface area contributed by atoms with E-state index >= 15 is 0 Å². The number of pyridine rings is 1. The summed E-state index contributed by atoms with van der Waals surface area (Å²) in [6.07, 6.45) is 1.17. The van der Waals surface area contributed by atoms with Crippen molar-refractivity contribution in [1.29, 1.82) is 0 Å². The summed E-state index contributed by atoms with van der Waals surface area (Å²) < 4.78 is 5.21. The molecule has 130 valence electrons. The Kier molecular flexibility index (Phi) is 4.09. The molecule has 1 aliphatic heterocycles. The van der Waals surface area contributed by atoms with Gasteiger partial charge in [0.1, 0.15) is 0 Å². The Hall–Kier alpha value is -2.18. The molecule has 2 fully saturated rings. The summed E-state index contributed by atoms with van der Waals surface area (Å²) in [4.78, 5) is 30.5. The molecule has 0 radical (unpaired) electrons. The van der Waals surface area contributed by atoms with Gasteiger partial charge in [0.05, 0.1) is 24.2 Å². The minimum Gasteiger partial charge on any atom is -0.479 e. The number of halogens is 1. The fraction of sp³-hybridized carbons (Fsp3) is 0.389. The molecule has 1 saturated heterocycles. The molecule has 1 aliphatic carbocycles. The molecule has 4 rings (SSSR count). The first-order valence-corrected chi connectivity index (χ1v) is 8.64. The average molecular weight is 361 g/mol. The SMILES string of the molecule is O=C(O)[C@H]1CN(C(=O)c2cc(C3CC3)nc3ccc(Cl)cc23)CCO1. The van der Waals surface area contributed by atoms with E-state index in [0.29, 0.717) is 28.4 Å². The first-order chi connectivity index (χ1) is 12.0. The second kappa shape index (κ2) is 6.28. The number of morpholine rings is 1. The van der Waals surface area contributed by atoms with Crippen molar-refractivity contribution in [3.63, 3.8) is 0 Å². The molecule has 1 atom stereocenters. The van der Waals surface area contributed by atoms with Crippen LogP contribution in [-0.4, -0.2) is 52.7 Å². The van der Waals surface area contributed by atoms with E-state index in [0.717, 1.165) is 24.1 Å². The normalized spacial score (nSPS) is 20.7. The lowest BCUT2D eigenvalue weighted by molar-refractivity contribution is -0.154. The van der Waals surface area contributed by atoms with Crippen molar-refractivity contribution in [2.45, 2.75) is 24.9 Å². The first-order valence-electron chi connectivity index (χ1n) is 8.27. The highest BCUT2D eigenvalue weighted by Crippen LogP contribution is 2.40. The number of fused-ring (bicyclic) bond motifs is 1. The van der Waals surface area contributed by atoms with Gasteiger partial charge in [0.15, 0.2) is 6.10 Å². The molecule has 2 aromatic rings. The van der Waals surface area contributed by atoms with Crippen molar-refractivity contribution >= 4 is 34.4 Å². The maximum Gasteiger partial charge on any atom is 0.334 e. The van der Waals surface area contributed by atoms with Crippen LogP contribution in [0, 0.1) is 0 Å². The zero-order chi connectivity index (χ0) is 17.6. The molecular weight excluding hydrogens is 344 g/mol. The van der Waals surface area contributed by atoms with Crippen LogP contribution in [0.2, 0.25) is 5.02 Å². The van der Waals surface area contributed by atoms with Crippen LogP contribution in [0.15, 0.2) is 24.3 Å². The van der Waals surface area contributed by atoms with Crippen LogP contribution >= 0.6 is 11.6 Å². The standard InChI is InChI=1S/C18H17ClN2O4/c19-11-3-4-14-12(7-11)13(8-15(20-14)10-1-2-10)17(22)21-5-6-25-16(9-21)18(23)24/h3-4,7-8,10,16H,1-2,5-6,9H2,(H,23,24)/t16-/m1/s1. The third-order valence-corrected chi connectivity index (χ3v) is 4.88. The Labute approximate surface area is 149 Å². The molecule has 1 saturated carbocycles. The van der Waals surface area contributed by atoms with Crippen LogP contribution in [-0.2, 0) is 9.53 Å². The lowest BCUT2D eigenvalue weighted by Crippen LogP contribution is -2.48. The predicted octanol–water partition coefficient (Wildman–Crippen LogP) is 2.69. The van der Waals surface area contributed by atoms with Crippen molar-refractivity contribution < 1.29 is 19.4 Å². The van der Waals surface area contributed by atoms with E-state index < -0.39 is 12.1 Å². The number of nitrogens with zero attached hydrogens (tertiary/aromatic N) is 2. The number of carboxylic acids is 1. The summed E-state index contributed by atoms with van der Waals surface area (Å²) in [6.45, 7) is 0.616. The number of amides is 1. The molecule has 1 aromatic heterocycles. The van der Waals surface area contributed by atoms with Crippen molar-refractivity contribution in [2.75, 3.05) is 19.7 Å². The highest BCUT2D eigenvalue weighted by molar-refractivity contribution is 6.31. The molecule has 7 heteroatoms. The third kappa shape index (κ3) is 3.19. The number of carbonyl (C=O) groups is 2. The van der Waals surface area contributed by atoms with Crippen molar-refractivity contribution in [2.24, 2.45) is 0 Å². The highest BCUT2D eigenvalue weighted by atomic mass is 35.5. The summed E-state index contributed by atoms with van der Waals surface area (Å²) in [5.74, 6) is -0.854. The number of ether oxygens (including phenoxy) is 1. The number of aliphatic carboxylic acids is 1. The quantitative estimate of drug-likeness (QED) is 0.910. The molecule has 2 aliphatic rings. The van der Waals surface area contributed by atoms with E-state index in [1.807, 2.05) is 12.1 Å². The Bertz CT molecular complexity index is 866. The van der Waals surface area contributed by atoms with Gasteiger partial charge in [-0.2, -0.15) is 0 Å². The van der Waals surface area contributed by atoms with Crippen LogP contribution in [0.5, 0.6) is 0 Å². The molecule has 1 amide bonds. The van der Waals surface area contributed by atoms with E-state index in [-0.39, 0.29) is 19.1 Å². The number of benzene rings is 1. The predicted molar refractivity (Wildman–Crippen MR) is 92.0 cm³/mol. The molecular formula is C18H17ClN2O4. The van der Waals surface area contributed by atoms with Crippen molar-refractivity contribution in [3.05, 3.63) is 40.5 Å². The maximum atomic E-state index is 13.1.